The van der Waals surface area contributed by atoms with Crippen LogP contribution in [0.3, 0.4) is 0 Å². The lowest BCUT2D eigenvalue weighted by Gasteiger charge is -2.00. The van der Waals surface area contributed by atoms with Crippen LogP contribution in [0.15, 0.2) is 52.6 Å². The lowest BCUT2D eigenvalue weighted by Crippen LogP contribution is -2.31. The minimum atomic E-state index is -0.289. The van der Waals surface area contributed by atoms with Gasteiger partial charge in [-0.1, -0.05) is 6.08 Å². The maximum absolute atomic E-state index is 12.8. The summed E-state index contributed by atoms with van der Waals surface area (Å²) in [6.07, 6.45) is 3.89. The molecule has 1 aromatic carbocycles. The predicted molar refractivity (Wildman–Crippen MR) is 80.3 cm³/mol. The SMILES string of the molecule is C=CCNC(N)=NCCc1coc(-c2ccc(F)cc2)n1. The van der Waals surface area contributed by atoms with Crippen molar-refractivity contribution in [2.24, 2.45) is 10.7 Å². The molecule has 1 heterocycles. The molecule has 0 radical (unpaired) electrons. The van der Waals surface area contributed by atoms with Gasteiger partial charge in [0.05, 0.1) is 5.69 Å². The van der Waals surface area contributed by atoms with Crippen molar-refractivity contribution < 1.29 is 8.81 Å². The summed E-state index contributed by atoms with van der Waals surface area (Å²) >= 11 is 0. The summed E-state index contributed by atoms with van der Waals surface area (Å²) < 4.78 is 18.2. The number of nitrogens with two attached hydrogens (primary N) is 1. The number of rotatable bonds is 6. The van der Waals surface area contributed by atoms with E-state index in [1.54, 1.807) is 24.5 Å². The predicted octanol–water partition coefficient (Wildman–Crippen LogP) is 2.11. The molecule has 0 aliphatic rings. The highest BCUT2D eigenvalue weighted by Gasteiger charge is 2.06. The smallest absolute Gasteiger partial charge is 0.226 e. The Kier molecular flexibility index (Phi) is 5.09. The summed E-state index contributed by atoms with van der Waals surface area (Å²) in [4.78, 5) is 8.49. The minimum Gasteiger partial charge on any atom is -0.444 e. The van der Waals surface area contributed by atoms with Crippen LogP contribution in [0.25, 0.3) is 11.5 Å². The quantitative estimate of drug-likeness (QED) is 0.485. The standard InChI is InChI=1S/C15H17FN4O/c1-2-8-18-15(17)19-9-7-13-10-21-14(20-13)11-3-5-12(16)6-4-11/h2-6,10H,1,7-9H2,(H3,17,18,19). The van der Waals surface area contributed by atoms with Crippen molar-refractivity contribution in [3.05, 3.63) is 54.7 Å². The molecule has 1 aromatic heterocycles. The first kappa shape index (κ1) is 14.8. The van der Waals surface area contributed by atoms with Gasteiger partial charge in [-0.15, -0.1) is 6.58 Å². The Labute approximate surface area is 122 Å². The van der Waals surface area contributed by atoms with Crippen molar-refractivity contribution >= 4 is 5.96 Å². The average Bonchev–Trinajstić information content (AvgIpc) is 2.95. The van der Waals surface area contributed by atoms with Crippen LogP contribution < -0.4 is 11.1 Å². The third-order valence-electron chi connectivity index (χ3n) is 2.72. The van der Waals surface area contributed by atoms with Crippen LogP contribution >= 0.6 is 0 Å². The molecule has 0 aliphatic carbocycles. The Morgan fingerprint density at radius 2 is 2.19 bits per heavy atom. The molecule has 3 N–H and O–H groups in total. The summed E-state index contributed by atoms with van der Waals surface area (Å²) in [5.74, 6) is 0.547. The Balaban J connectivity index is 1.91. The molecule has 21 heavy (non-hydrogen) atoms. The molecular formula is C15H17FN4O. The zero-order valence-corrected chi connectivity index (χ0v) is 11.6. The van der Waals surface area contributed by atoms with Crippen LogP contribution in [0.1, 0.15) is 5.69 Å². The lowest BCUT2D eigenvalue weighted by molar-refractivity contribution is 0.572. The average molecular weight is 288 g/mol. The maximum atomic E-state index is 12.8. The molecule has 110 valence electrons. The van der Waals surface area contributed by atoms with Gasteiger partial charge >= 0.3 is 0 Å². The Morgan fingerprint density at radius 3 is 2.90 bits per heavy atom. The van der Waals surface area contributed by atoms with Gasteiger partial charge in [-0.3, -0.25) is 4.99 Å². The fourth-order valence-electron chi connectivity index (χ4n) is 1.67. The molecule has 0 unspecified atom stereocenters. The van der Waals surface area contributed by atoms with Crippen LogP contribution in [-0.2, 0) is 6.42 Å². The van der Waals surface area contributed by atoms with Crippen molar-refractivity contribution in [1.82, 2.24) is 10.3 Å². The van der Waals surface area contributed by atoms with Crippen molar-refractivity contribution in [3.63, 3.8) is 0 Å². The highest BCUT2D eigenvalue weighted by atomic mass is 19.1. The zero-order chi connectivity index (χ0) is 15.1. The summed E-state index contributed by atoms with van der Waals surface area (Å²) in [7, 11) is 0. The van der Waals surface area contributed by atoms with Crippen LogP contribution in [0, 0.1) is 5.82 Å². The maximum Gasteiger partial charge on any atom is 0.226 e. The third-order valence-corrected chi connectivity index (χ3v) is 2.72. The number of oxazole rings is 1. The zero-order valence-electron chi connectivity index (χ0n) is 11.6. The van der Waals surface area contributed by atoms with E-state index in [9.17, 15) is 4.39 Å². The van der Waals surface area contributed by atoms with Crippen molar-refractivity contribution in [3.8, 4) is 11.5 Å². The van der Waals surface area contributed by atoms with Gasteiger partial charge in [0.2, 0.25) is 5.89 Å². The molecule has 0 amide bonds. The summed E-state index contributed by atoms with van der Waals surface area (Å²) in [6.45, 7) is 4.66. The van der Waals surface area contributed by atoms with Gasteiger partial charge in [-0.05, 0) is 24.3 Å². The topological polar surface area (TPSA) is 76.4 Å². The molecule has 0 aliphatic heterocycles. The van der Waals surface area contributed by atoms with Gasteiger partial charge in [0, 0.05) is 25.1 Å². The van der Waals surface area contributed by atoms with E-state index in [0.29, 0.717) is 31.4 Å². The second kappa shape index (κ2) is 7.23. The molecule has 0 bridgehead atoms. The molecule has 0 atom stereocenters. The van der Waals surface area contributed by atoms with E-state index in [0.717, 1.165) is 11.3 Å². The Morgan fingerprint density at radius 1 is 1.43 bits per heavy atom. The summed E-state index contributed by atoms with van der Waals surface area (Å²) in [5.41, 5.74) is 7.15. The van der Waals surface area contributed by atoms with Crippen LogP contribution in [0.5, 0.6) is 0 Å². The molecule has 2 rings (SSSR count). The fourth-order valence-corrected chi connectivity index (χ4v) is 1.67. The van der Waals surface area contributed by atoms with Crippen LogP contribution in [0.4, 0.5) is 4.39 Å². The molecule has 0 saturated carbocycles. The van der Waals surface area contributed by atoms with E-state index in [1.807, 2.05) is 0 Å². The molecule has 5 nitrogen and oxygen atoms in total. The molecule has 2 aromatic rings. The van der Waals surface area contributed by atoms with E-state index in [4.69, 9.17) is 10.2 Å². The Hall–Kier alpha value is -2.63. The number of hydrogen-bond donors (Lipinski definition) is 2. The van der Waals surface area contributed by atoms with Crippen LogP contribution in [0.2, 0.25) is 0 Å². The molecule has 0 fully saturated rings. The molecule has 0 spiro atoms. The van der Waals surface area contributed by atoms with E-state index < -0.39 is 0 Å². The number of halogens is 1. The highest BCUT2D eigenvalue weighted by molar-refractivity contribution is 5.77. The fraction of sp³-hybridized carbons (Fsp3) is 0.200. The second-order valence-electron chi connectivity index (χ2n) is 4.34. The molecule has 0 saturated heterocycles. The van der Waals surface area contributed by atoms with Gasteiger partial charge in [0.15, 0.2) is 5.96 Å². The third kappa shape index (κ3) is 4.45. The van der Waals surface area contributed by atoms with Crippen molar-refractivity contribution in [2.45, 2.75) is 6.42 Å². The van der Waals surface area contributed by atoms with Gasteiger partial charge < -0.3 is 15.5 Å². The van der Waals surface area contributed by atoms with Gasteiger partial charge in [0.1, 0.15) is 12.1 Å². The largest absolute Gasteiger partial charge is 0.444 e. The number of nitrogens with zero attached hydrogens (tertiary/aromatic N) is 2. The van der Waals surface area contributed by atoms with Gasteiger partial charge in [-0.2, -0.15) is 0 Å². The number of aromatic nitrogens is 1. The number of aliphatic imine (C=N–C) groups is 1. The van der Waals surface area contributed by atoms with Crippen molar-refractivity contribution in [1.29, 1.82) is 0 Å². The molecular weight excluding hydrogens is 271 g/mol. The normalized spacial score (nSPS) is 11.4. The summed E-state index contributed by atoms with van der Waals surface area (Å²) in [6, 6.07) is 5.99. The number of guanidine groups is 1. The van der Waals surface area contributed by atoms with E-state index >= 15 is 0 Å². The first-order valence-electron chi connectivity index (χ1n) is 6.54. The van der Waals surface area contributed by atoms with E-state index in [2.05, 4.69) is 21.9 Å². The minimum absolute atomic E-state index is 0.289. The second-order valence-corrected chi connectivity index (χ2v) is 4.34. The van der Waals surface area contributed by atoms with Crippen LogP contribution in [-0.4, -0.2) is 24.0 Å². The highest BCUT2D eigenvalue weighted by Crippen LogP contribution is 2.19. The number of benzene rings is 1. The number of hydrogen-bond acceptors (Lipinski definition) is 3. The lowest BCUT2D eigenvalue weighted by atomic mass is 10.2. The Bertz CT molecular complexity index is 619. The first-order chi connectivity index (χ1) is 10.2. The number of nitrogens with one attached hydrogen (secondary N) is 1. The van der Waals surface area contributed by atoms with Crippen molar-refractivity contribution in [2.75, 3.05) is 13.1 Å². The van der Waals surface area contributed by atoms with E-state index in [-0.39, 0.29) is 5.82 Å². The van der Waals surface area contributed by atoms with Gasteiger partial charge in [0.25, 0.3) is 0 Å². The monoisotopic (exact) mass is 288 g/mol. The molecule has 6 heteroatoms. The van der Waals surface area contributed by atoms with Gasteiger partial charge in [-0.25, -0.2) is 9.37 Å². The van der Waals surface area contributed by atoms with E-state index in [1.165, 1.54) is 12.1 Å². The first-order valence-corrected chi connectivity index (χ1v) is 6.54. The summed E-state index contributed by atoms with van der Waals surface area (Å²) in [5, 5.41) is 2.89.